The topological polar surface area (TPSA) is 49.8 Å². The van der Waals surface area contributed by atoms with E-state index in [-0.39, 0.29) is 24.0 Å². The van der Waals surface area contributed by atoms with Gasteiger partial charge in [0.05, 0.1) is 6.61 Å². The zero-order valence-corrected chi connectivity index (χ0v) is 10.5. The summed E-state index contributed by atoms with van der Waals surface area (Å²) < 4.78 is 5.02. The minimum atomic E-state index is -0.203. The summed E-state index contributed by atoms with van der Waals surface area (Å²) in [5.41, 5.74) is -0.0704. The molecule has 1 aliphatic heterocycles. The van der Waals surface area contributed by atoms with Crippen LogP contribution in [0.15, 0.2) is 0 Å². The molecule has 0 aromatic heterocycles. The number of hydrogen-bond acceptors (Lipinski definition) is 4. The van der Waals surface area contributed by atoms with Crippen LogP contribution in [-0.4, -0.2) is 48.3 Å². The van der Waals surface area contributed by atoms with Gasteiger partial charge >= 0.3 is 5.97 Å². The predicted molar refractivity (Wildman–Crippen MR) is 62.1 cm³/mol. The van der Waals surface area contributed by atoms with Gasteiger partial charge in [-0.1, -0.05) is 6.92 Å². The van der Waals surface area contributed by atoms with Gasteiger partial charge in [0.1, 0.15) is 6.04 Å². The number of nitrogens with zero attached hydrogens (tertiary/aromatic N) is 1. The molecule has 1 rings (SSSR count). The predicted octanol–water partition coefficient (Wildman–Crippen LogP) is 1.03. The molecule has 0 amide bonds. The number of rotatable bonds is 4. The maximum Gasteiger partial charge on any atom is 0.323 e. The lowest BCUT2D eigenvalue weighted by atomic mass is 9.82. The molecule has 1 heterocycles. The maximum absolute atomic E-state index is 11.6. The van der Waals surface area contributed by atoms with Crippen LogP contribution in [0.1, 0.15) is 33.6 Å². The number of aliphatic hydroxyl groups excluding tert-OH is 1. The van der Waals surface area contributed by atoms with Crippen molar-refractivity contribution in [2.24, 2.45) is 5.41 Å². The van der Waals surface area contributed by atoms with Crippen LogP contribution in [-0.2, 0) is 9.53 Å². The smallest absolute Gasteiger partial charge is 0.323 e. The molecular formula is C12H23NO3. The Hall–Kier alpha value is -0.610. The highest BCUT2D eigenvalue weighted by atomic mass is 16.5. The molecule has 94 valence electrons. The van der Waals surface area contributed by atoms with Crippen molar-refractivity contribution in [1.29, 1.82) is 0 Å². The molecule has 1 aliphatic rings. The summed E-state index contributed by atoms with van der Waals surface area (Å²) in [5.74, 6) is -0.162. The Balaban J connectivity index is 2.56. The maximum atomic E-state index is 11.6. The fraction of sp³-hybridized carbons (Fsp3) is 0.917. The van der Waals surface area contributed by atoms with E-state index in [1.807, 2.05) is 13.8 Å². The van der Waals surface area contributed by atoms with Crippen LogP contribution in [0, 0.1) is 5.41 Å². The molecule has 0 aromatic rings. The first-order valence-electron chi connectivity index (χ1n) is 6.04. The molecule has 0 saturated carbocycles. The van der Waals surface area contributed by atoms with E-state index in [4.69, 9.17) is 4.74 Å². The Labute approximate surface area is 97.6 Å². The second-order valence-corrected chi connectivity index (χ2v) is 4.97. The van der Waals surface area contributed by atoms with Gasteiger partial charge in [-0.25, -0.2) is 0 Å². The molecule has 4 nitrogen and oxygen atoms in total. The van der Waals surface area contributed by atoms with Crippen LogP contribution in [0.2, 0.25) is 0 Å². The van der Waals surface area contributed by atoms with Gasteiger partial charge in [-0.05, 0) is 33.2 Å². The van der Waals surface area contributed by atoms with Crippen LogP contribution >= 0.6 is 0 Å². The normalized spacial score (nSPS) is 28.8. The van der Waals surface area contributed by atoms with Crippen LogP contribution in [0.3, 0.4) is 0 Å². The lowest BCUT2D eigenvalue weighted by Gasteiger charge is -2.41. The average molecular weight is 229 g/mol. The molecule has 0 bridgehead atoms. The number of carbonyl (C=O) groups is 1. The minimum absolute atomic E-state index is 0.0704. The van der Waals surface area contributed by atoms with Gasteiger partial charge in [0.2, 0.25) is 0 Å². The van der Waals surface area contributed by atoms with Gasteiger partial charge in [-0.2, -0.15) is 0 Å². The Morgan fingerprint density at radius 3 is 2.88 bits per heavy atom. The van der Waals surface area contributed by atoms with Gasteiger partial charge in [0.15, 0.2) is 0 Å². The molecule has 2 atom stereocenters. The molecular weight excluding hydrogens is 206 g/mol. The first-order chi connectivity index (χ1) is 7.52. The molecule has 1 saturated heterocycles. The van der Waals surface area contributed by atoms with Crippen LogP contribution in [0.25, 0.3) is 0 Å². The van der Waals surface area contributed by atoms with Crippen molar-refractivity contribution in [3.63, 3.8) is 0 Å². The van der Waals surface area contributed by atoms with Crippen molar-refractivity contribution in [3.8, 4) is 0 Å². The molecule has 16 heavy (non-hydrogen) atoms. The van der Waals surface area contributed by atoms with Crippen molar-refractivity contribution in [2.45, 2.75) is 39.7 Å². The van der Waals surface area contributed by atoms with E-state index >= 15 is 0 Å². The highest BCUT2D eigenvalue weighted by molar-refractivity contribution is 5.75. The van der Waals surface area contributed by atoms with Crippen molar-refractivity contribution >= 4 is 5.97 Å². The second-order valence-electron chi connectivity index (χ2n) is 4.97. The lowest BCUT2D eigenvalue weighted by Crippen LogP contribution is -2.50. The van der Waals surface area contributed by atoms with E-state index in [1.54, 1.807) is 0 Å². The fourth-order valence-electron chi connectivity index (χ4n) is 2.23. The fourth-order valence-corrected chi connectivity index (χ4v) is 2.23. The zero-order chi connectivity index (χ0) is 12.2. The SMILES string of the molecule is CCOC(=O)C(C)N1CCCC(C)(CO)C1. The third-order valence-electron chi connectivity index (χ3n) is 3.37. The van der Waals surface area contributed by atoms with Crippen LogP contribution in [0.4, 0.5) is 0 Å². The number of esters is 1. The second kappa shape index (κ2) is 5.64. The molecule has 0 aliphatic carbocycles. The van der Waals surface area contributed by atoms with Gasteiger partial charge in [0, 0.05) is 18.6 Å². The molecule has 0 aromatic carbocycles. The summed E-state index contributed by atoms with van der Waals surface area (Å²) in [5, 5.41) is 9.35. The summed E-state index contributed by atoms with van der Waals surface area (Å²) in [6.45, 7) is 8.04. The standard InChI is InChI=1S/C12H23NO3/c1-4-16-11(15)10(2)13-7-5-6-12(3,8-13)9-14/h10,14H,4-9H2,1-3H3. The van der Waals surface area contributed by atoms with Gasteiger partial charge in [-0.15, -0.1) is 0 Å². The molecule has 1 N–H and O–H groups in total. The van der Waals surface area contributed by atoms with E-state index in [0.717, 1.165) is 25.9 Å². The van der Waals surface area contributed by atoms with Crippen LogP contribution in [0.5, 0.6) is 0 Å². The van der Waals surface area contributed by atoms with Gasteiger partial charge < -0.3 is 9.84 Å². The molecule has 2 unspecified atom stereocenters. The van der Waals surface area contributed by atoms with E-state index in [9.17, 15) is 9.90 Å². The van der Waals surface area contributed by atoms with Crippen molar-refractivity contribution in [3.05, 3.63) is 0 Å². The van der Waals surface area contributed by atoms with Crippen molar-refractivity contribution in [1.82, 2.24) is 4.90 Å². The van der Waals surface area contributed by atoms with Gasteiger partial charge in [-0.3, -0.25) is 9.69 Å². The monoisotopic (exact) mass is 229 g/mol. The van der Waals surface area contributed by atoms with E-state index in [1.165, 1.54) is 0 Å². The van der Waals surface area contributed by atoms with Crippen molar-refractivity contribution in [2.75, 3.05) is 26.3 Å². The number of aliphatic hydroxyl groups is 1. The molecule has 0 spiro atoms. The van der Waals surface area contributed by atoms with Crippen molar-refractivity contribution < 1.29 is 14.6 Å². The summed E-state index contributed by atoms with van der Waals surface area (Å²) >= 11 is 0. The number of hydrogen-bond donors (Lipinski definition) is 1. The van der Waals surface area contributed by atoms with Gasteiger partial charge in [0.25, 0.3) is 0 Å². The molecule has 1 fully saturated rings. The highest BCUT2D eigenvalue weighted by Gasteiger charge is 2.34. The Bertz CT molecular complexity index is 244. The first-order valence-corrected chi connectivity index (χ1v) is 6.04. The zero-order valence-electron chi connectivity index (χ0n) is 10.5. The molecule has 4 heteroatoms. The lowest BCUT2D eigenvalue weighted by molar-refractivity contribution is -0.150. The number of piperidine rings is 1. The van der Waals surface area contributed by atoms with Crippen LogP contribution < -0.4 is 0 Å². The Morgan fingerprint density at radius 2 is 2.31 bits per heavy atom. The number of likely N-dealkylation sites (tertiary alicyclic amines) is 1. The third kappa shape index (κ3) is 3.19. The average Bonchev–Trinajstić information content (AvgIpc) is 2.28. The first kappa shape index (κ1) is 13.5. The quantitative estimate of drug-likeness (QED) is 0.732. The Kier molecular flexibility index (Phi) is 4.74. The highest BCUT2D eigenvalue weighted by Crippen LogP contribution is 2.29. The number of ether oxygens (including phenoxy) is 1. The third-order valence-corrected chi connectivity index (χ3v) is 3.37. The summed E-state index contributed by atoms with van der Waals surface area (Å²) in [7, 11) is 0. The summed E-state index contributed by atoms with van der Waals surface area (Å²) in [4.78, 5) is 13.7. The Morgan fingerprint density at radius 1 is 1.62 bits per heavy atom. The van der Waals surface area contributed by atoms with E-state index < -0.39 is 0 Å². The minimum Gasteiger partial charge on any atom is -0.465 e. The largest absolute Gasteiger partial charge is 0.465 e. The summed E-state index contributed by atoms with van der Waals surface area (Å²) in [6, 6.07) is -0.203. The van der Waals surface area contributed by atoms with E-state index in [0.29, 0.717) is 6.61 Å². The van der Waals surface area contributed by atoms with E-state index in [2.05, 4.69) is 11.8 Å². The molecule has 0 radical (unpaired) electrons. The number of carbonyl (C=O) groups excluding carboxylic acids is 1. The summed E-state index contributed by atoms with van der Waals surface area (Å²) in [6.07, 6.45) is 2.05.